The number of rotatable bonds is 7. The van der Waals surface area contributed by atoms with E-state index < -0.39 is 5.82 Å². The van der Waals surface area contributed by atoms with Crippen molar-refractivity contribution in [3.8, 4) is 6.07 Å². The van der Waals surface area contributed by atoms with Crippen LogP contribution in [-0.2, 0) is 11.3 Å². The molecule has 0 saturated heterocycles. The number of ether oxygens (including phenoxy) is 1. The topological polar surface area (TPSA) is 56.5 Å². The lowest BCUT2D eigenvalue weighted by molar-refractivity contribution is 0.127. The van der Waals surface area contributed by atoms with Crippen LogP contribution >= 0.6 is 0 Å². The Morgan fingerprint density at radius 3 is 2.83 bits per heavy atom. The van der Waals surface area contributed by atoms with Crippen LogP contribution in [0.1, 0.15) is 11.1 Å². The van der Waals surface area contributed by atoms with Gasteiger partial charge in [-0.25, -0.2) is 4.39 Å². The molecule has 0 fully saturated rings. The van der Waals surface area contributed by atoms with Gasteiger partial charge in [0.15, 0.2) is 0 Å². The molecular weight excluding hydrogens is 235 g/mol. The second-order valence-electron chi connectivity index (χ2n) is 3.91. The minimum absolute atomic E-state index is 0.0345. The van der Waals surface area contributed by atoms with Crippen molar-refractivity contribution in [1.29, 1.82) is 5.26 Å². The van der Waals surface area contributed by atoms with E-state index in [-0.39, 0.29) is 6.61 Å². The van der Waals surface area contributed by atoms with Gasteiger partial charge in [0.25, 0.3) is 0 Å². The van der Waals surface area contributed by atoms with Crippen molar-refractivity contribution in [2.75, 3.05) is 33.4 Å². The van der Waals surface area contributed by atoms with Crippen LogP contribution in [0.25, 0.3) is 0 Å². The van der Waals surface area contributed by atoms with E-state index in [0.29, 0.717) is 31.8 Å². The number of aliphatic hydroxyl groups is 1. The molecule has 98 valence electrons. The molecule has 0 aliphatic carbocycles. The fourth-order valence-corrected chi connectivity index (χ4v) is 1.66. The van der Waals surface area contributed by atoms with Gasteiger partial charge in [-0.15, -0.1) is 0 Å². The molecule has 0 aliphatic heterocycles. The molecule has 0 unspecified atom stereocenters. The Kier molecular flexibility index (Phi) is 6.29. The molecule has 1 N–H and O–H groups in total. The van der Waals surface area contributed by atoms with Crippen LogP contribution in [0.2, 0.25) is 0 Å². The van der Waals surface area contributed by atoms with Crippen molar-refractivity contribution in [2.24, 2.45) is 0 Å². The van der Waals surface area contributed by atoms with Gasteiger partial charge >= 0.3 is 0 Å². The molecule has 0 spiro atoms. The average Bonchev–Trinajstić information content (AvgIpc) is 2.38. The standard InChI is InChI=1S/C13H17FN2O2/c1-18-7-5-16(4-6-17)10-11-2-3-13(14)8-12(11)9-15/h2-3,8,17H,4-7,10H2,1H3. The fraction of sp³-hybridized carbons (Fsp3) is 0.462. The van der Waals surface area contributed by atoms with Gasteiger partial charge in [-0.1, -0.05) is 6.07 Å². The van der Waals surface area contributed by atoms with Gasteiger partial charge in [-0.2, -0.15) is 5.26 Å². The second kappa shape index (κ2) is 7.77. The molecule has 0 amide bonds. The number of hydrogen-bond acceptors (Lipinski definition) is 4. The maximum Gasteiger partial charge on any atom is 0.124 e. The molecule has 0 radical (unpaired) electrons. The predicted molar refractivity (Wildman–Crippen MR) is 65.4 cm³/mol. The first-order valence-corrected chi connectivity index (χ1v) is 5.72. The maximum atomic E-state index is 13.0. The summed E-state index contributed by atoms with van der Waals surface area (Å²) in [6.45, 7) is 2.22. The molecule has 0 aromatic heterocycles. The number of aliphatic hydroxyl groups excluding tert-OH is 1. The minimum Gasteiger partial charge on any atom is -0.395 e. The first-order valence-electron chi connectivity index (χ1n) is 5.72. The molecule has 0 atom stereocenters. The fourth-order valence-electron chi connectivity index (χ4n) is 1.66. The summed E-state index contributed by atoms with van der Waals surface area (Å²) in [5, 5.41) is 17.9. The first kappa shape index (κ1) is 14.6. The smallest absolute Gasteiger partial charge is 0.124 e. The van der Waals surface area contributed by atoms with E-state index in [0.717, 1.165) is 5.56 Å². The molecule has 1 aromatic carbocycles. The van der Waals surface area contributed by atoms with Crippen LogP contribution < -0.4 is 0 Å². The summed E-state index contributed by atoms with van der Waals surface area (Å²) in [4.78, 5) is 1.96. The molecule has 18 heavy (non-hydrogen) atoms. The van der Waals surface area contributed by atoms with E-state index in [9.17, 15) is 4.39 Å². The third kappa shape index (κ3) is 4.41. The van der Waals surface area contributed by atoms with Crippen molar-refractivity contribution in [3.63, 3.8) is 0 Å². The summed E-state index contributed by atoms with van der Waals surface area (Å²) in [5.74, 6) is -0.416. The number of nitriles is 1. The highest BCUT2D eigenvalue weighted by Crippen LogP contribution is 2.12. The van der Waals surface area contributed by atoms with E-state index >= 15 is 0 Å². The van der Waals surface area contributed by atoms with Crippen molar-refractivity contribution in [1.82, 2.24) is 4.90 Å². The summed E-state index contributed by atoms with van der Waals surface area (Å²) in [5.41, 5.74) is 1.08. The third-order valence-corrected chi connectivity index (χ3v) is 2.61. The molecular formula is C13H17FN2O2. The van der Waals surface area contributed by atoms with Gasteiger partial charge in [-0.05, 0) is 17.7 Å². The Bertz CT molecular complexity index is 418. The Hall–Kier alpha value is -1.48. The Balaban J connectivity index is 2.76. The summed E-state index contributed by atoms with van der Waals surface area (Å²) >= 11 is 0. The van der Waals surface area contributed by atoms with Crippen molar-refractivity contribution >= 4 is 0 Å². The molecule has 1 aromatic rings. The molecule has 5 heteroatoms. The van der Waals surface area contributed by atoms with Gasteiger partial charge in [0.1, 0.15) is 5.82 Å². The van der Waals surface area contributed by atoms with E-state index in [1.165, 1.54) is 12.1 Å². The summed E-state index contributed by atoms with van der Waals surface area (Å²) < 4.78 is 18.0. The first-order chi connectivity index (χ1) is 8.71. The molecule has 0 bridgehead atoms. The molecule has 0 heterocycles. The van der Waals surface area contributed by atoms with E-state index in [1.807, 2.05) is 11.0 Å². The molecule has 4 nitrogen and oxygen atoms in total. The lowest BCUT2D eigenvalue weighted by atomic mass is 10.1. The van der Waals surface area contributed by atoms with Crippen molar-refractivity contribution in [2.45, 2.75) is 6.54 Å². The largest absolute Gasteiger partial charge is 0.395 e. The Morgan fingerprint density at radius 2 is 2.22 bits per heavy atom. The zero-order valence-electron chi connectivity index (χ0n) is 10.4. The molecule has 0 aliphatic rings. The monoisotopic (exact) mass is 252 g/mol. The van der Waals surface area contributed by atoms with Gasteiger partial charge in [0.2, 0.25) is 0 Å². The highest BCUT2D eigenvalue weighted by molar-refractivity contribution is 5.37. The summed E-state index contributed by atoms with van der Waals surface area (Å²) in [6.07, 6.45) is 0. The van der Waals surface area contributed by atoms with Gasteiger partial charge < -0.3 is 9.84 Å². The number of benzene rings is 1. The predicted octanol–water partition coefficient (Wildman–Crippen LogP) is 1.14. The highest BCUT2D eigenvalue weighted by Gasteiger charge is 2.09. The lowest BCUT2D eigenvalue weighted by Crippen LogP contribution is -2.30. The van der Waals surface area contributed by atoms with E-state index in [1.54, 1.807) is 13.2 Å². The number of nitrogens with zero attached hydrogens (tertiary/aromatic N) is 2. The van der Waals surface area contributed by atoms with E-state index in [4.69, 9.17) is 15.1 Å². The van der Waals surface area contributed by atoms with E-state index in [2.05, 4.69) is 0 Å². The van der Waals surface area contributed by atoms with Gasteiger partial charge in [0.05, 0.1) is 24.8 Å². The number of methoxy groups -OCH3 is 1. The Morgan fingerprint density at radius 1 is 1.44 bits per heavy atom. The van der Waals surface area contributed by atoms with Crippen LogP contribution in [0.15, 0.2) is 18.2 Å². The van der Waals surface area contributed by atoms with Crippen LogP contribution in [0.3, 0.4) is 0 Å². The minimum atomic E-state index is -0.416. The van der Waals surface area contributed by atoms with Crippen LogP contribution in [0.4, 0.5) is 4.39 Å². The highest BCUT2D eigenvalue weighted by atomic mass is 19.1. The van der Waals surface area contributed by atoms with Gasteiger partial charge in [-0.3, -0.25) is 4.90 Å². The lowest BCUT2D eigenvalue weighted by Gasteiger charge is -2.21. The zero-order valence-corrected chi connectivity index (χ0v) is 10.4. The SMILES string of the molecule is COCCN(CCO)Cc1ccc(F)cc1C#N. The average molecular weight is 252 g/mol. The van der Waals surface area contributed by atoms with Gasteiger partial charge in [0, 0.05) is 26.7 Å². The second-order valence-corrected chi connectivity index (χ2v) is 3.91. The summed E-state index contributed by atoms with van der Waals surface area (Å²) in [6, 6.07) is 6.14. The van der Waals surface area contributed by atoms with Crippen LogP contribution in [0, 0.1) is 17.1 Å². The van der Waals surface area contributed by atoms with Crippen molar-refractivity contribution < 1.29 is 14.2 Å². The normalized spacial score (nSPS) is 10.6. The molecule has 1 rings (SSSR count). The molecule has 0 saturated carbocycles. The van der Waals surface area contributed by atoms with Crippen LogP contribution in [0.5, 0.6) is 0 Å². The maximum absolute atomic E-state index is 13.0. The van der Waals surface area contributed by atoms with Crippen molar-refractivity contribution in [3.05, 3.63) is 35.1 Å². The van der Waals surface area contributed by atoms with Crippen LogP contribution in [-0.4, -0.2) is 43.4 Å². The Labute approximate surface area is 106 Å². The number of halogens is 1. The summed E-state index contributed by atoms with van der Waals surface area (Å²) in [7, 11) is 1.61. The third-order valence-electron chi connectivity index (χ3n) is 2.61. The zero-order chi connectivity index (χ0) is 13.4. The quantitative estimate of drug-likeness (QED) is 0.790. The number of hydrogen-bond donors (Lipinski definition) is 1.